The minimum atomic E-state index is -0.130. The van der Waals surface area contributed by atoms with E-state index in [9.17, 15) is 9.59 Å². The highest BCUT2D eigenvalue weighted by Gasteiger charge is 2.18. The zero-order valence-corrected chi connectivity index (χ0v) is 18.0. The summed E-state index contributed by atoms with van der Waals surface area (Å²) in [5.41, 5.74) is 3.39. The Kier molecular flexibility index (Phi) is 6.20. The van der Waals surface area contributed by atoms with E-state index in [2.05, 4.69) is 5.32 Å². The molecule has 2 heterocycles. The van der Waals surface area contributed by atoms with Crippen LogP contribution in [0.2, 0.25) is 0 Å². The predicted molar refractivity (Wildman–Crippen MR) is 120 cm³/mol. The van der Waals surface area contributed by atoms with E-state index in [1.54, 1.807) is 10.6 Å². The summed E-state index contributed by atoms with van der Waals surface area (Å²) in [5.74, 6) is 0.0904. The lowest BCUT2D eigenvalue weighted by molar-refractivity contribution is -0.119. The first-order chi connectivity index (χ1) is 14.5. The number of aryl methyl sites for hydroxylation is 2. The van der Waals surface area contributed by atoms with Gasteiger partial charge < -0.3 is 10.1 Å². The fraction of sp³-hybridized carbons (Fsp3) is 0.348. The van der Waals surface area contributed by atoms with Crippen molar-refractivity contribution in [2.75, 3.05) is 18.9 Å². The average Bonchev–Trinajstić information content (AvgIpc) is 3.25. The second-order valence-corrected chi connectivity index (χ2v) is 8.51. The third-order valence-electron chi connectivity index (χ3n) is 5.22. The van der Waals surface area contributed by atoms with Gasteiger partial charge in [-0.25, -0.2) is 4.98 Å². The molecule has 30 heavy (non-hydrogen) atoms. The molecule has 0 saturated carbocycles. The van der Waals surface area contributed by atoms with Crippen molar-refractivity contribution < 1.29 is 9.53 Å². The molecule has 0 spiro atoms. The summed E-state index contributed by atoms with van der Waals surface area (Å²) >= 11 is 1.27. The normalized spacial score (nSPS) is 16.1. The summed E-state index contributed by atoms with van der Waals surface area (Å²) < 4.78 is 7.17. The van der Waals surface area contributed by atoms with Crippen LogP contribution in [-0.4, -0.2) is 40.5 Å². The topological polar surface area (TPSA) is 73.2 Å². The van der Waals surface area contributed by atoms with E-state index >= 15 is 0 Å². The molecule has 1 saturated heterocycles. The number of fused-ring (bicyclic) bond motifs is 1. The van der Waals surface area contributed by atoms with Gasteiger partial charge in [0.1, 0.15) is 0 Å². The van der Waals surface area contributed by atoms with Crippen LogP contribution in [0, 0.1) is 13.8 Å². The third-order valence-corrected chi connectivity index (χ3v) is 6.16. The van der Waals surface area contributed by atoms with E-state index in [0.717, 1.165) is 36.3 Å². The van der Waals surface area contributed by atoms with Gasteiger partial charge in [0, 0.05) is 13.2 Å². The lowest BCUT2D eigenvalue weighted by atomic mass is 10.1. The summed E-state index contributed by atoms with van der Waals surface area (Å²) in [4.78, 5) is 30.4. The molecular weight excluding hydrogens is 398 g/mol. The number of amides is 1. The van der Waals surface area contributed by atoms with E-state index in [4.69, 9.17) is 9.72 Å². The van der Waals surface area contributed by atoms with Crippen LogP contribution in [0.3, 0.4) is 0 Å². The van der Waals surface area contributed by atoms with Gasteiger partial charge in [-0.15, -0.1) is 0 Å². The molecule has 1 aliphatic rings. The molecule has 0 unspecified atom stereocenters. The van der Waals surface area contributed by atoms with Crippen molar-refractivity contribution in [2.45, 2.75) is 37.9 Å². The molecule has 3 aromatic rings. The standard InChI is InChI=1S/C23H25N3O3S/c1-15-9-10-20(16(2)12-15)26-22(28)18-7-3-4-8-19(18)25-23(26)30-14-21(27)24-13-17-6-5-11-29-17/h3-4,7-10,12,17H,5-6,11,13-14H2,1-2H3,(H,24,27)/t17-/m1/s1. The van der Waals surface area contributed by atoms with Crippen molar-refractivity contribution in [3.8, 4) is 5.69 Å². The van der Waals surface area contributed by atoms with Crippen LogP contribution in [0.15, 0.2) is 52.4 Å². The predicted octanol–water partition coefficient (Wildman–Crippen LogP) is 3.39. The molecule has 7 heteroatoms. The molecule has 1 aliphatic heterocycles. The first-order valence-corrected chi connectivity index (χ1v) is 11.1. The summed E-state index contributed by atoms with van der Waals surface area (Å²) in [6.07, 6.45) is 2.12. The number of thioether (sulfide) groups is 1. The Morgan fingerprint density at radius 2 is 2.10 bits per heavy atom. The van der Waals surface area contributed by atoms with Crippen molar-refractivity contribution in [2.24, 2.45) is 0 Å². The number of para-hydroxylation sites is 1. The molecule has 1 atom stereocenters. The van der Waals surface area contributed by atoms with E-state index in [1.165, 1.54) is 11.8 Å². The first kappa shape index (κ1) is 20.6. The number of hydrogen-bond acceptors (Lipinski definition) is 5. The SMILES string of the molecule is Cc1ccc(-n2c(SCC(=O)NC[C@H]3CCCO3)nc3ccccc3c2=O)c(C)c1. The molecule has 1 N–H and O–H groups in total. The smallest absolute Gasteiger partial charge is 0.266 e. The molecule has 4 rings (SSSR count). The van der Waals surface area contributed by atoms with Crippen LogP contribution in [0.5, 0.6) is 0 Å². The van der Waals surface area contributed by atoms with Crippen molar-refractivity contribution in [1.82, 2.24) is 14.9 Å². The Bertz CT molecular complexity index is 1140. The number of nitrogens with one attached hydrogen (secondary N) is 1. The molecule has 0 radical (unpaired) electrons. The zero-order valence-electron chi connectivity index (χ0n) is 17.2. The average molecular weight is 424 g/mol. The molecule has 156 valence electrons. The highest BCUT2D eigenvalue weighted by molar-refractivity contribution is 7.99. The van der Waals surface area contributed by atoms with Crippen molar-refractivity contribution in [3.05, 3.63) is 63.9 Å². The molecule has 1 amide bonds. The Morgan fingerprint density at radius 3 is 2.87 bits per heavy atom. The van der Waals surface area contributed by atoms with Crippen LogP contribution in [-0.2, 0) is 9.53 Å². The summed E-state index contributed by atoms with van der Waals surface area (Å²) in [5, 5.41) is 4.00. The third kappa shape index (κ3) is 4.42. The van der Waals surface area contributed by atoms with Gasteiger partial charge in [0.25, 0.3) is 5.56 Å². The van der Waals surface area contributed by atoms with Crippen molar-refractivity contribution in [1.29, 1.82) is 0 Å². The van der Waals surface area contributed by atoms with Gasteiger partial charge >= 0.3 is 0 Å². The molecule has 1 fully saturated rings. The molecule has 2 aromatic carbocycles. The molecule has 0 aliphatic carbocycles. The number of ether oxygens (including phenoxy) is 1. The monoisotopic (exact) mass is 423 g/mol. The van der Waals surface area contributed by atoms with Gasteiger partial charge in [0.2, 0.25) is 5.91 Å². The number of benzene rings is 2. The molecule has 1 aromatic heterocycles. The molecule has 6 nitrogen and oxygen atoms in total. The number of carbonyl (C=O) groups is 1. The van der Waals surface area contributed by atoms with Gasteiger partial charge in [-0.05, 0) is 50.5 Å². The first-order valence-electron chi connectivity index (χ1n) is 10.1. The number of nitrogens with zero attached hydrogens (tertiary/aromatic N) is 2. The zero-order chi connectivity index (χ0) is 21.1. The van der Waals surface area contributed by atoms with E-state index < -0.39 is 0 Å². The summed E-state index contributed by atoms with van der Waals surface area (Å²) in [6, 6.07) is 13.3. The highest BCUT2D eigenvalue weighted by atomic mass is 32.2. The van der Waals surface area contributed by atoms with Crippen LogP contribution in [0.25, 0.3) is 16.6 Å². The lowest BCUT2D eigenvalue weighted by Gasteiger charge is -2.16. The van der Waals surface area contributed by atoms with Gasteiger partial charge in [-0.2, -0.15) is 0 Å². The van der Waals surface area contributed by atoms with E-state index in [0.29, 0.717) is 22.6 Å². The maximum absolute atomic E-state index is 13.3. The van der Waals surface area contributed by atoms with Gasteiger partial charge in [-0.3, -0.25) is 14.2 Å². The molecular formula is C23H25N3O3S. The largest absolute Gasteiger partial charge is 0.376 e. The Balaban J connectivity index is 1.64. The Hall–Kier alpha value is -2.64. The number of aromatic nitrogens is 2. The second-order valence-electron chi connectivity index (χ2n) is 7.57. The van der Waals surface area contributed by atoms with Gasteiger partial charge in [0.15, 0.2) is 5.16 Å². The fourth-order valence-corrected chi connectivity index (χ4v) is 4.53. The Morgan fingerprint density at radius 1 is 1.27 bits per heavy atom. The lowest BCUT2D eigenvalue weighted by Crippen LogP contribution is -2.33. The Labute approximate surface area is 179 Å². The second kappa shape index (κ2) is 9.02. The molecule has 0 bridgehead atoms. The number of rotatable bonds is 6. The summed E-state index contributed by atoms with van der Waals surface area (Å²) in [7, 11) is 0. The number of carbonyl (C=O) groups excluding carboxylic acids is 1. The minimum absolute atomic E-state index is 0.0925. The van der Waals surface area contributed by atoms with Crippen LogP contribution < -0.4 is 10.9 Å². The fourth-order valence-electron chi connectivity index (χ4n) is 3.69. The van der Waals surface area contributed by atoms with E-state index in [-0.39, 0.29) is 23.3 Å². The maximum atomic E-state index is 13.3. The quantitative estimate of drug-likeness (QED) is 0.486. The van der Waals surface area contributed by atoms with Gasteiger partial charge in [0.05, 0.1) is 28.4 Å². The van der Waals surface area contributed by atoms with Crippen LogP contribution in [0.1, 0.15) is 24.0 Å². The van der Waals surface area contributed by atoms with Crippen molar-refractivity contribution >= 4 is 28.6 Å². The van der Waals surface area contributed by atoms with Crippen LogP contribution >= 0.6 is 11.8 Å². The number of hydrogen-bond donors (Lipinski definition) is 1. The minimum Gasteiger partial charge on any atom is -0.376 e. The summed E-state index contributed by atoms with van der Waals surface area (Å²) in [6.45, 7) is 5.28. The van der Waals surface area contributed by atoms with Crippen LogP contribution in [0.4, 0.5) is 0 Å². The van der Waals surface area contributed by atoms with Gasteiger partial charge in [-0.1, -0.05) is 41.6 Å². The van der Waals surface area contributed by atoms with E-state index in [1.807, 2.05) is 50.2 Å². The highest BCUT2D eigenvalue weighted by Crippen LogP contribution is 2.23. The van der Waals surface area contributed by atoms with Crippen molar-refractivity contribution in [3.63, 3.8) is 0 Å². The maximum Gasteiger partial charge on any atom is 0.266 e.